The summed E-state index contributed by atoms with van der Waals surface area (Å²) in [6.07, 6.45) is 7.98. The first-order valence-corrected chi connectivity index (χ1v) is 8.70. The summed E-state index contributed by atoms with van der Waals surface area (Å²) in [6.45, 7) is 0. The Kier molecular flexibility index (Phi) is 4.49. The lowest BCUT2D eigenvalue weighted by Crippen LogP contribution is -2.28. The Morgan fingerprint density at radius 1 is 1.12 bits per heavy atom. The number of aliphatic hydroxyl groups is 1. The van der Waals surface area contributed by atoms with Gasteiger partial charge >= 0.3 is 0 Å². The number of anilines is 2. The van der Waals surface area contributed by atoms with E-state index in [2.05, 4.69) is 25.7 Å². The second-order valence-electron chi connectivity index (χ2n) is 6.47. The van der Waals surface area contributed by atoms with Crippen molar-refractivity contribution in [2.45, 2.75) is 37.8 Å². The molecule has 3 aromatic heterocycles. The van der Waals surface area contributed by atoms with E-state index < -0.39 is 0 Å². The standard InChI is InChI=1S/C18H20N6O2/c25-14-3-1-13(2-4-14)21-15-5-6-16-20-11-17(24(16)23-15)22-18(26)12-7-9-19-10-8-12/h5-11,13-14,25H,1-4H2,(H,21,23)(H,22,26). The van der Waals surface area contributed by atoms with Gasteiger partial charge in [0.25, 0.3) is 5.91 Å². The van der Waals surface area contributed by atoms with E-state index in [0.29, 0.717) is 23.1 Å². The van der Waals surface area contributed by atoms with Gasteiger partial charge in [-0.05, 0) is 49.9 Å². The average molecular weight is 352 g/mol. The monoisotopic (exact) mass is 352 g/mol. The number of carbonyl (C=O) groups is 1. The lowest BCUT2D eigenvalue weighted by molar-refractivity contribution is 0.102. The summed E-state index contributed by atoms with van der Waals surface area (Å²) >= 11 is 0. The zero-order chi connectivity index (χ0) is 17.9. The Hall–Kier alpha value is -3.00. The SMILES string of the molecule is O=C(Nc1cnc2ccc(NC3CCC(O)CC3)nn12)c1ccncc1. The Labute approximate surface area is 150 Å². The number of pyridine rings is 1. The fourth-order valence-corrected chi connectivity index (χ4v) is 3.16. The van der Waals surface area contributed by atoms with Gasteiger partial charge in [0.2, 0.25) is 0 Å². The second kappa shape index (κ2) is 7.09. The molecule has 4 rings (SSSR count). The topological polar surface area (TPSA) is 104 Å². The normalized spacial score (nSPS) is 20.0. The molecule has 0 atom stereocenters. The Morgan fingerprint density at radius 3 is 2.65 bits per heavy atom. The Morgan fingerprint density at radius 2 is 1.88 bits per heavy atom. The maximum absolute atomic E-state index is 12.3. The molecule has 1 aliphatic carbocycles. The molecule has 1 aliphatic rings. The van der Waals surface area contributed by atoms with Crippen LogP contribution in [0.5, 0.6) is 0 Å². The highest BCUT2D eigenvalue weighted by molar-refractivity contribution is 6.03. The van der Waals surface area contributed by atoms with E-state index in [1.807, 2.05) is 12.1 Å². The molecule has 26 heavy (non-hydrogen) atoms. The van der Waals surface area contributed by atoms with Crippen LogP contribution in [0.25, 0.3) is 5.65 Å². The van der Waals surface area contributed by atoms with Gasteiger partial charge in [-0.25, -0.2) is 4.98 Å². The molecule has 8 nitrogen and oxygen atoms in total. The number of hydrogen-bond acceptors (Lipinski definition) is 6. The number of aliphatic hydroxyl groups excluding tert-OH is 1. The van der Waals surface area contributed by atoms with Crippen LogP contribution in [0, 0.1) is 0 Å². The summed E-state index contributed by atoms with van der Waals surface area (Å²) in [5.41, 5.74) is 1.17. The fourth-order valence-electron chi connectivity index (χ4n) is 3.16. The molecule has 8 heteroatoms. The molecule has 3 N–H and O–H groups in total. The third kappa shape index (κ3) is 3.50. The number of fused-ring (bicyclic) bond motifs is 1. The van der Waals surface area contributed by atoms with Crippen molar-refractivity contribution in [3.8, 4) is 0 Å². The lowest BCUT2D eigenvalue weighted by atomic mass is 9.93. The summed E-state index contributed by atoms with van der Waals surface area (Å²) in [7, 11) is 0. The second-order valence-corrected chi connectivity index (χ2v) is 6.47. The van der Waals surface area contributed by atoms with Crippen LogP contribution in [-0.4, -0.2) is 42.7 Å². The van der Waals surface area contributed by atoms with Gasteiger partial charge in [-0.2, -0.15) is 4.52 Å². The van der Waals surface area contributed by atoms with Gasteiger partial charge in [0, 0.05) is 24.0 Å². The van der Waals surface area contributed by atoms with Crippen molar-refractivity contribution in [2.24, 2.45) is 0 Å². The van der Waals surface area contributed by atoms with E-state index in [1.165, 1.54) is 0 Å². The lowest BCUT2D eigenvalue weighted by Gasteiger charge is -2.26. The Balaban J connectivity index is 1.52. The summed E-state index contributed by atoms with van der Waals surface area (Å²) in [6, 6.07) is 7.32. The van der Waals surface area contributed by atoms with Crippen LogP contribution in [-0.2, 0) is 0 Å². The molecule has 0 bridgehead atoms. The largest absolute Gasteiger partial charge is 0.393 e. The minimum atomic E-state index is -0.240. The summed E-state index contributed by atoms with van der Waals surface area (Å²) in [5, 5.41) is 20.4. The van der Waals surface area contributed by atoms with Crippen molar-refractivity contribution in [3.05, 3.63) is 48.4 Å². The first-order valence-electron chi connectivity index (χ1n) is 8.70. The van der Waals surface area contributed by atoms with Crippen LogP contribution in [0.15, 0.2) is 42.9 Å². The number of carbonyl (C=O) groups excluding carboxylic acids is 1. The fraction of sp³-hybridized carbons (Fsp3) is 0.333. The van der Waals surface area contributed by atoms with Gasteiger partial charge in [0.05, 0.1) is 12.3 Å². The first-order chi connectivity index (χ1) is 12.7. The highest BCUT2D eigenvalue weighted by atomic mass is 16.3. The van der Waals surface area contributed by atoms with Gasteiger partial charge < -0.3 is 15.7 Å². The van der Waals surface area contributed by atoms with E-state index in [0.717, 1.165) is 31.5 Å². The van der Waals surface area contributed by atoms with Crippen LogP contribution in [0.1, 0.15) is 36.0 Å². The number of amides is 1. The van der Waals surface area contributed by atoms with E-state index in [9.17, 15) is 9.90 Å². The minimum absolute atomic E-state index is 0.188. The molecule has 0 spiro atoms. The predicted octanol–water partition coefficient (Wildman–Crippen LogP) is 2.09. The minimum Gasteiger partial charge on any atom is -0.393 e. The van der Waals surface area contributed by atoms with Crippen molar-refractivity contribution in [3.63, 3.8) is 0 Å². The first kappa shape index (κ1) is 16.5. The summed E-state index contributed by atoms with van der Waals surface area (Å²) in [5.74, 6) is 0.983. The average Bonchev–Trinajstić information content (AvgIpc) is 3.06. The molecule has 134 valence electrons. The maximum Gasteiger partial charge on any atom is 0.256 e. The third-order valence-corrected chi connectivity index (χ3v) is 4.60. The number of hydrogen-bond donors (Lipinski definition) is 3. The molecule has 0 aromatic carbocycles. The molecule has 1 fully saturated rings. The van der Waals surface area contributed by atoms with Crippen LogP contribution in [0.3, 0.4) is 0 Å². The summed E-state index contributed by atoms with van der Waals surface area (Å²) < 4.78 is 1.61. The number of nitrogens with one attached hydrogen (secondary N) is 2. The third-order valence-electron chi connectivity index (χ3n) is 4.60. The molecular weight excluding hydrogens is 332 g/mol. The van der Waals surface area contributed by atoms with E-state index >= 15 is 0 Å². The van der Waals surface area contributed by atoms with Crippen molar-refractivity contribution in [1.82, 2.24) is 19.6 Å². The molecular formula is C18H20N6O2. The Bertz CT molecular complexity index is 902. The zero-order valence-corrected chi connectivity index (χ0v) is 14.2. The van der Waals surface area contributed by atoms with Gasteiger partial charge in [-0.15, -0.1) is 5.10 Å². The smallest absolute Gasteiger partial charge is 0.256 e. The van der Waals surface area contributed by atoms with Crippen LogP contribution < -0.4 is 10.6 Å². The van der Waals surface area contributed by atoms with Crippen molar-refractivity contribution in [2.75, 3.05) is 10.6 Å². The highest BCUT2D eigenvalue weighted by Crippen LogP contribution is 2.22. The molecule has 3 heterocycles. The maximum atomic E-state index is 12.3. The number of rotatable bonds is 4. The molecule has 0 radical (unpaired) electrons. The number of imidazole rings is 1. The van der Waals surface area contributed by atoms with E-state index in [-0.39, 0.29) is 12.0 Å². The van der Waals surface area contributed by atoms with Gasteiger partial charge in [0.15, 0.2) is 11.5 Å². The van der Waals surface area contributed by atoms with Gasteiger partial charge in [-0.3, -0.25) is 9.78 Å². The quantitative estimate of drug-likeness (QED) is 0.664. The van der Waals surface area contributed by atoms with Gasteiger partial charge in [-0.1, -0.05) is 0 Å². The molecule has 0 unspecified atom stereocenters. The number of nitrogens with zero attached hydrogens (tertiary/aromatic N) is 4. The molecule has 0 saturated heterocycles. The highest BCUT2D eigenvalue weighted by Gasteiger charge is 2.19. The van der Waals surface area contributed by atoms with Crippen LogP contribution >= 0.6 is 0 Å². The van der Waals surface area contributed by atoms with E-state index in [4.69, 9.17) is 0 Å². The van der Waals surface area contributed by atoms with Crippen molar-refractivity contribution in [1.29, 1.82) is 0 Å². The van der Waals surface area contributed by atoms with E-state index in [1.54, 1.807) is 35.2 Å². The van der Waals surface area contributed by atoms with Crippen LogP contribution in [0.4, 0.5) is 11.6 Å². The van der Waals surface area contributed by atoms with Crippen molar-refractivity contribution >= 4 is 23.2 Å². The molecule has 1 saturated carbocycles. The molecule has 0 aliphatic heterocycles. The van der Waals surface area contributed by atoms with Crippen molar-refractivity contribution < 1.29 is 9.90 Å². The predicted molar refractivity (Wildman–Crippen MR) is 97.1 cm³/mol. The molecule has 1 amide bonds. The summed E-state index contributed by atoms with van der Waals surface area (Å²) in [4.78, 5) is 20.5. The molecule has 3 aromatic rings. The zero-order valence-electron chi connectivity index (χ0n) is 14.2. The number of aromatic nitrogens is 4. The van der Waals surface area contributed by atoms with Gasteiger partial charge in [0.1, 0.15) is 5.82 Å². The van der Waals surface area contributed by atoms with Crippen LogP contribution in [0.2, 0.25) is 0 Å².